The lowest BCUT2D eigenvalue weighted by Crippen LogP contribution is -2.47. The highest BCUT2D eigenvalue weighted by molar-refractivity contribution is 7.89. The number of aromatic nitrogens is 1. The molecule has 112 valence electrons. The summed E-state index contributed by atoms with van der Waals surface area (Å²) in [6.07, 6.45) is 3.42. The van der Waals surface area contributed by atoms with Crippen molar-refractivity contribution < 1.29 is 8.42 Å². The highest BCUT2D eigenvalue weighted by Crippen LogP contribution is 2.20. The first-order valence-corrected chi connectivity index (χ1v) is 8.60. The zero-order valence-electron chi connectivity index (χ0n) is 11.8. The van der Waals surface area contributed by atoms with E-state index < -0.39 is 10.0 Å². The molecule has 1 atom stereocenters. The van der Waals surface area contributed by atoms with Gasteiger partial charge in [-0.25, -0.2) is 13.4 Å². The molecule has 0 aromatic carbocycles. The summed E-state index contributed by atoms with van der Waals surface area (Å²) >= 11 is 5.69. The van der Waals surface area contributed by atoms with Crippen molar-refractivity contribution in [2.75, 3.05) is 27.2 Å². The molecule has 1 aromatic rings. The van der Waals surface area contributed by atoms with Crippen LogP contribution in [0.5, 0.6) is 0 Å². The van der Waals surface area contributed by atoms with Crippen LogP contribution in [0.3, 0.4) is 0 Å². The molecular weight excluding hydrogens is 298 g/mol. The minimum Gasteiger partial charge on any atom is -0.305 e. The molecule has 1 unspecified atom stereocenters. The molecule has 0 spiro atoms. The minimum absolute atomic E-state index is 0.00764. The van der Waals surface area contributed by atoms with Crippen molar-refractivity contribution in [1.82, 2.24) is 14.2 Å². The van der Waals surface area contributed by atoms with Gasteiger partial charge in [0.25, 0.3) is 10.0 Å². The number of likely N-dealkylation sites (tertiary alicyclic amines) is 1. The summed E-state index contributed by atoms with van der Waals surface area (Å²) in [4.78, 5) is 6.19. The maximum Gasteiger partial charge on any atom is 0.260 e. The fourth-order valence-electron chi connectivity index (χ4n) is 2.42. The van der Waals surface area contributed by atoms with Gasteiger partial charge in [-0.05, 0) is 38.1 Å². The Kier molecular flexibility index (Phi) is 5.01. The van der Waals surface area contributed by atoms with Crippen LogP contribution in [0.1, 0.15) is 18.4 Å². The number of likely N-dealkylation sites (N-methyl/N-ethyl adjacent to an activating group) is 2. The summed E-state index contributed by atoms with van der Waals surface area (Å²) in [6, 6.07) is 3.23. The molecule has 1 saturated heterocycles. The summed E-state index contributed by atoms with van der Waals surface area (Å²) < 4.78 is 26.5. The Morgan fingerprint density at radius 2 is 2.25 bits per heavy atom. The Balaban J connectivity index is 2.19. The number of hydrogen-bond donors (Lipinski definition) is 0. The summed E-state index contributed by atoms with van der Waals surface area (Å²) in [7, 11) is 0.115. The fourth-order valence-corrected chi connectivity index (χ4v) is 3.87. The Morgan fingerprint density at radius 3 is 2.80 bits per heavy atom. The summed E-state index contributed by atoms with van der Waals surface area (Å²) in [5.41, 5.74) is 0.811. The number of pyridine rings is 1. The lowest BCUT2D eigenvalue weighted by molar-refractivity contribution is 0.187. The molecule has 0 amide bonds. The molecule has 1 aliphatic heterocycles. The topological polar surface area (TPSA) is 53.5 Å². The second-order valence-electron chi connectivity index (χ2n) is 5.22. The van der Waals surface area contributed by atoms with Gasteiger partial charge in [-0.15, -0.1) is 11.6 Å². The van der Waals surface area contributed by atoms with Gasteiger partial charge in [0.1, 0.15) is 0 Å². The largest absolute Gasteiger partial charge is 0.305 e. The zero-order chi connectivity index (χ0) is 14.8. The Bertz CT molecular complexity index is 547. The lowest BCUT2D eigenvalue weighted by atomic mass is 10.1. The third-order valence-corrected chi connectivity index (χ3v) is 5.84. The molecular formula is C13H20ClN3O2S. The third kappa shape index (κ3) is 3.31. The van der Waals surface area contributed by atoms with Gasteiger partial charge in [-0.1, -0.05) is 6.07 Å². The average molecular weight is 318 g/mol. The highest BCUT2D eigenvalue weighted by atomic mass is 35.5. The first-order valence-electron chi connectivity index (χ1n) is 6.62. The number of halogens is 1. The number of piperidine rings is 1. The maximum absolute atomic E-state index is 12.5. The molecule has 0 saturated carbocycles. The van der Waals surface area contributed by atoms with Gasteiger partial charge in [0.05, 0.1) is 0 Å². The van der Waals surface area contributed by atoms with Crippen LogP contribution >= 0.6 is 11.6 Å². The summed E-state index contributed by atoms with van der Waals surface area (Å²) in [6.45, 7) is 1.78. The van der Waals surface area contributed by atoms with Crippen LogP contribution < -0.4 is 0 Å². The van der Waals surface area contributed by atoms with Gasteiger partial charge in [-0.3, -0.25) is 0 Å². The molecule has 5 nitrogen and oxygen atoms in total. The molecule has 0 aliphatic carbocycles. The van der Waals surface area contributed by atoms with E-state index in [1.807, 2.05) is 7.05 Å². The standard InChI is InChI=1S/C13H20ClN3O2S/c1-16-7-3-4-12(10-16)17(2)20(18,19)13-6-5-11(8-14)9-15-13/h5-6,9,12H,3-4,7-8,10H2,1-2H3. The highest BCUT2D eigenvalue weighted by Gasteiger charge is 2.31. The van der Waals surface area contributed by atoms with Crippen molar-refractivity contribution >= 4 is 21.6 Å². The van der Waals surface area contributed by atoms with E-state index in [2.05, 4.69) is 9.88 Å². The smallest absolute Gasteiger partial charge is 0.260 e. The van der Waals surface area contributed by atoms with Crippen LogP contribution in [0, 0.1) is 0 Å². The van der Waals surface area contributed by atoms with Gasteiger partial charge < -0.3 is 4.90 Å². The lowest BCUT2D eigenvalue weighted by Gasteiger charge is -2.34. The molecule has 0 bridgehead atoms. The zero-order valence-corrected chi connectivity index (χ0v) is 13.4. The van der Waals surface area contributed by atoms with Gasteiger partial charge in [0.2, 0.25) is 0 Å². The van der Waals surface area contributed by atoms with E-state index in [-0.39, 0.29) is 11.1 Å². The SMILES string of the molecule is CN1CCCC(N(C)S(=O)(=O)c2ccc(CCl)cn2)C1. The van der Waals surface area contributed by atoms with Gasteiger partial charge in [-0.2, -0.15) is 4.31 Å². The Morgan fingerprint density at radius 1 is 1.50 bits per heavy atom. The second kappa shape index (κ2) is 6.39. The number of nitrogens with zero attached hydrogens (tertiary/aromatic N) is 3. The van der Waals surface area contributed by atoms with Gasteiger partial charge in [0, 0.05) is 31.7 Å². The molecule has 0 N–H and O–H groups in total. The van der Waals surface area contributed by atoms with E-state index in [9.17, 15) is 8.42 Å². The van der Waals surface area contributed by atoms with Crippen LogP contribution in [0.15, 0.2) is 23.4 Å². The van der Waals surface area contributed by atoms with Crippen molar-refractivity contribution in [1.29, 1.82) is 0 Å². The van der Waals surface area contributed by atoms with E-state index in [4.69, 9.17) is 11.6 Å². The molecule has 7 heteroatoms. The van der Waals surface area contributed by atoms with Crippen molar-refractivity contribution in [3.8, 4) is 0 Å². The summed E-state index contributed by atoms with van der Waals surface area (Å²) in [5.74, 6) is 0.330. The van der Waals surface area contributed by atoms with Crippen LogP contribution in [0.2, 0.25) is 0 Å². The van der Waals surface area contributed by atoms with Gasteiger partial charge in [0.15, 0.2) is 5.03 Å². The molecule has 1 fully saturated rings. The van der Waals surface area contributed by atoms with E-state index in [1.165, 1.54) is 16.6 Å². The molecule has 2 heterocycles. The van der Waals surface area contributed by atoms with Crippen molar-refractivity contribution in [3.05, 3.63) is 23.9 Å². The van der Waals surface area contributed by atoms with E-state index in [1.54, 1.807) is 13.1 Å². The van der Waals surface area contributed by atoms with Crippen molar-refractivity contribution in [2.45, 2.75) is 29.8 Å². The van der Waals surface area contributed by atoms with Crippen LogP contribution in [0.25, 0.3) is 0 Å². The van der Waals surface area contributed by atoms with Gasteiger partial charge >= 0.3 is 0 Å². The maximum atomic E-state index is 12.5. The predicted octanol–water partition coefficient (Wildman–Crippen LogP) is 1.54. The molecule has 20 heavy (non-hydrogen) atoms. The Hall–Kier alpha value is -0.690. The molecule has 1 aromatic heterocycles. The average Bonchev–Trinajstić information content (AvgIpc) is 2.46. The second-order valence-corrected chi connectivity index (χ2v) is 7.43. The number of hydrogen-bond acceptors (Lipinski definition) is 4. The monoisotopic (exact) mass is 317 g/mol. The minimum atomic E-state index is -3.53. The first kappa shape index (κ1) is 15.7. The Labute approximate surface area is 125 Å². The number of sulfonamides is 1. The van der Waals surface area contributed by atoms with E-state index in [0.29, 0.717) is 5.88 Å². The van der Waals surface area contributed by atoms with E-state index >= 15 is 0 Å². The van der Waals surface area contributed by atoms with E-state index in [0.717, 1.165) is 31.5 Å². The first-order chi connectivity index (χ1) is 9.45. The predicted molar refractivity (Wildman–Crippen MR) is 79.3 cm³/mol. The number of alkyl halides is 1. The number of rotatable bonds is 4. The molecule has 1 aliphatic rings. The fraction of sp³-hybridized carbons (Fsp3) is 0.615. The van der Waals surface area contributed by atoms with Crippen molar-refractivity contribution in [3.63, 3.8) is 0 Å². The quantitative estimate of drug-likeness (QED) is 0.790. The molecule has 2 rings (SSSR count). The normalized spacial score (nSPS) is 21.3. The van der Waals surface area contributed by atoms with Crippen LogP contribution in [0.4, 0.5) is 0 Å². The molecule has 0 radical (unpaired) electrons. The summed E-state index contributed by atoms with van der Waals surface area (Å²) in [5, 5.41) is 0.0853. The van der Waals surface area contributed by atoms with Crippen LogP contribution in [-0.2, 0) is 15.9 Å². The van der Waals surface area contributed by atoms with Crippen LogP contribution in [-0.4, -0.2) is 55.8 Å². The van der Waals surface area contributed by atoms with Crippen molar-refractivity contribution in [2.24, 2.45) is 0 Å². The third-order valence-electron chi connectivity index (χ3n) is 3.71.